The summed E-state index contributed by atoms with van der Waals surface area (Å²) >= 11 is 0. The summed E-state index contributed by atoms with van der Waals surface area (Å²) < 4.78 is 5.66. The molecule has 0 amide bonds. The average molecular weight is 325 g/mol. The zero-order valence-corrected chi connectivity index (χ0v) is 14.3. The first kappa shape index (κ1) is 17.8. The Balaban J connectivity index is 2.80. The maximum Gasteiger partial charge on any atom is 0.142 e. The zero-order chi connectivity index (χ0) is 17.7. The molecule has 0 aliphatic carbocycles. The van der Waals surface area contributed by atoms with Crippen LogP contribution in [0.2, 0.25) is 0 Å². The molecule has 0 unspecified atom stereocenters. The van der Waals surface area contributed by atoms with Gasteiger partial charge in [0.1, 0.15) is 29.8 Å². The lowest BCUT2D eigenvalue weighted by Gasteiger charge is -2.20. The molecule has 0 radical (unpaired) electrons. The van der Waals surface area contributed by atoms with Crippen molar-refractivity contribution in [3.63, 3.8) is 0 Å². The predicted octanol–water partition coefficient (Wildman–Crippen LogP) is 3.26. The van der Waals surface area contributed by atoms with E-state index < -0.39 is 0 Å². The highest BCUT2D eigenvalue weighted by molar-refractivity contribution is 5.82. The molecule has 0 fully saturated rings. The summed E-state index contributed by atoms with van der Waals surface area (Å²) in [7, 11) is 0. The fourth-order valence-corrected chi connectivity index (χ4v) is 2.86. The summed E-state index contributed by atoms with van der Waals surface area (Å²) in [6.07, 6.45) is 0.735. The number of aliphatic hydroxyl groups excluding tert-OH is 1. The number of aliphatic hydroxyl groups is 1. The Labute approximate surface area is 142 Å². The van der Waals surface area contributed by atoms with Gasteiger partial charge in [-0.1, -0.05) is 39.0 Å². The van der Waals surface area contributed by atoms with Crippen molar-refractivity contribution in [3.8, 4) is 22.9 Å². The quantitative estimate of drug-likeness (QED) is 0.850. The third-order valence-electron chi connectivity index (χ3n) is 3.88. The molecule has 0 atom stereocenters. The van der Waals surface area contributed by atoms with Gasteiger partial charge in [-0.3, -0.25) is 0 Å². The molecule has 0 bridgehead atoms. The van der Waals surface area contributed by atoms with Crippen molar-refractivity contribution in [1.82, 2.24) is 4.98 Å². The van der Waals surface area contributed by atoms with Crippen LogP contribution in [0.1, 0.15) is 43.5 Å². The first-order chi connectivity index (χ1) is 11.5. The number of nitrogen functional groups attached to an aromatic ring is 1. The molecule has 0 aliphatic heterocycles. The van der Waals surface area contributed by atoms with Gasteiger partial charge in [-0.2, -0.15) is 5.26 Å². The lowest BCUT2D eigenvalue weighted by atomic mass is 9.89. The van der Waals surface area contributed by atoms with Crippen LogP contribution >= 0.6 is 0 Å². The number of pyridine rings is 1. The first-order valence-electron chi connectivity index (χ1n) is 8.10. The van der Waals surface area contributed by atoms with E-state index in [9.17, 15) is 5.26 Å². The molecule has 2 aromatic rings. The summed E-state index contributed by atoms with van der Waals surface area (Å²) in [5, 5.41) is 18.7. The molecule has 0 aliphatic rings. The van der Waals surface area contributed by atoms with E-state index in [2.05, 4.69) is 24.9 Å². The van der Waals surface area contributed by atoms with Crippen molar-refractivity contribution in [1.29, 1.82) is 5.26 Å². The molecule has 5 heteroatoms. The third-order valence-corrected chi connectivity index (χ3v) is 3.88. The van der Waals surface area contributed by atoms with Crippen molar-refractivity contribution in [2.75, 3.05) is 18.9 Å². The smallest absolute Gasteiger partial charge is 0.142 e. The van der Waals surface area contributed by atoms with Gasteiger partial charge in [0.2, 0.25) is 0 Å². The molecule has 0 saturated carbocycles. The number of nitriles is 1. The monoisotopic (exact) mass is 325 g/mol. The highest BCUT2D eigenvalue weighted by Gasteiger charge is 2.22. The topological polar surface area (TPSA) is 92.2 Å². The Morgan fingerprint density at radius 2 is 2.04 bits per heavy atom. The van der Waals surface area contributed by atoms with Crippen LogP contribution in [0.5, 0.6) is 5.75 Å². The lowest BCUT2D eigenvalue weighted by molar-refractivity contribution is 0.202. The standard InChI is InChI=1S/C19H23N3O2/c1-4-13-17(14-7-5-6-8-16(14)24-10-9-23)15(11-20)19(21)22-18(13)12(2)3/h5-8,12,23H,4,9-10H2,1-3H3,(H2,21,22). The number of benzene rings is 1. The number of nitrogens with two attached hydrogens (primary N) is 1. The minimum absolute atomic E-state index is 0.0736. The Kier molecular flexibility index (Phi) is 5.78. The van der Waals surface area contributed by atoms with Gasteiger partial charge in [0.05, 0.1) is 6.61 Å². The van der Waals surface area contributed by atoms with E-state index in [0.717, 1.165) is 28.8 Å². The minimum Gasteiger partial charge on any atom is -0.491 e. The molecule has 2 rings (SSSR count). The second-order valence-electron chi connectivity index (χ2n) is 5.80. The first-order valence-corrected chi connectivity index (χ1v) is 8.10. The van der Waals surface area contributed by atoms with Crippen LogP contribution in [0.25, 0.3) is 11.1 Å². The molecule has 0 saturated heterocycles. The van der Waals surface area contributed by atoms with Crippen LogP contribution < -0.4 is 10.5 Å². The van der Waals surface area contributed by atoms with Gasteiger partial charge in [-0.15, -0.1) is 0 Å². The van der Waals surface area contributed by atoms with Crippen molar-refractivity contribution in [3.05, 3.63) is 41.1 Å². The summed E-state index contributed by atoms with van der Waals surface area (Å²) in [5.74, 6) is 1.06. The van der Waals surface area contributed by atoms with Crippen LogP contribution in [0.4, 0.5) is 5.82 Å². The van der Waals surface area contributed by atoms with Gasteiger partial charge in [0.15, 0.2) is 0 Å². The minimum atomic E-state index is -0.0736. The van der Waals surface area contributed by atoms with Crippen molar-refractivity contribution in [2.24, 2.45) is 0 Å². The van der Waals surface area contributed by atoms with E-state index in [0.29, 0.717) is 11.3 Å². The molecule has 126 valence electrons. The number of anilines is 1. The number of hydrogen-bond acceptors (Lipinski definition) is 5. The normalized spacial score (nSPS) is 10.7. The SMILES string of the molecule is CCc1c(C(C)C)nc(N)c(C#N)c1-c1ccccc1OCCO. The number of hydrogen-bond donors (Lipinski definition) is 2. The Morgan fingerprint density at radius 3 is 2.62 bits per heavy atom. The fraction of sp³-hybridized carbons (Fsp3) is 0.368. The lowest BCUT2D eigenvalue weighted by Crippen LogP contribution is -2.10. The summed E-state index contributed by atoms with van der Waals surface area (Å²) in [5.41, 5.74) is 9.94. The van der Waals surface area contributed by atoms with E-state index in [1.54, 1.807) is 0 Å². The van der Waals surface area contributed by atoms with Crippen molar-refractivity contribution in [2.45, 2.75) is 33.1 Å². The highest BCUT2D eigenvalue weighted by Crippen LogP contribution is 2.39. The Morgan fingerprint density at radius 1 is 1.33 bits per heavy atom. The van der Waals surface area contributed by atoms with Crippen molar-refractivity contribution < 1.29 is 9.84 Å². The van der Waals surface area contributed by atoms with Gasteiger partial charge in [-0.25, -0.2) is 4.98 Å². The molecule has 1 aromatic heterocycles. The van der Waals surface area contributed by atoms with E-state index in [1.807, 2.05) is 31.2 Å². The molecular weight excluding hydrogens is 302 g/mol. The maximum atomic E-state index is 9.63. The van der Waals surface area contributed by atoms with Crippen LogP contribution in [-0.4, -0.2) is 23.3 Å². The second-order valence-corrected chi connectivity index (χ2v) is 5.80. The van der Waals surface area contributed by atoms with Crippen molar-refractivity contribution >= 4 is 5.82 Å². The number of rotatable bonds is 6. The molecule has 5 nitrogen and oxygen atoms in total. The maximum absolute atomic E-state index is 9.63. The number of ether oxygens (including phenoxy) is 1. The van der Waals surface area contributed by atoms with E-state index in [4.69, 9.17) is 15.6 Å². The molecule has 1 aromatic carbocycles. The van der Waals surface area contributed by atoms with E-state index >= 15 is 0 Å². The number of nitrogens with zero attached hydrogens (tertiary/aromatic N) is 2. The Hall–Kier alpha value is -2.58. The molecule has 1 heterocycles. The van der Waals surface area contributed by atoms with E-state index in [-0.39, 0.29) is 24.9 Å². The summed E-state index contributed by atoms with van der Waals surface area (Å²) in [4.78, 5) is 4.47. The molecule has 3 N–H and O–H groups in total. The van der Waals surface area contributed by atoms with Gasteiger partial charge in [0, 0.05) is 16.8 Å². The van der Waals surface area contributed by atoms with Gasteiger partial charge in [0.25, 0.3) is 0 Å². The summed E-state index contributed by atoms with van der Waals surface area (Å²) in [6, 6.07) is 9.69. The van der Waals surface area contributed by atoms with E-state index in [1.165, 1.54) is 0 Å². The van der Waals surface area contributed by atoms with Crippen LogP contribution in [0.15, 0.2) is 24.3 Å². The number of para-hydroxylation sites is 1. The van der Waals surface area contributed by atoms with Gasteiger partial charge in [-0.05, 0) is 24.0 Å². The van der Waals surface area contributed by atoms with Crippen LogP contribution in [0.3, 0.4) is 0 Å². The Bertz CT molecular complexity index is 764. The molecule has 24 heavy (non-hydrogen) atoms. The van der Waals surface area contributed by atoms with Gasteiger partial charge >= 0.3 is 0 Å². The summed E-state index contributed by atoms with van der Waals surface area (Å²) in [6.45, 7) is 6.28. The largest absolute Gasteiger partial charge is 0.491 e. The molecular formula is C19H23N3O2. The zero-order valence-electron chi connectivity index (χ0n) is 14.3. The van der Waals surface area contributed by atoms with Crippen LogP contribution in [0, 0.1) is 11.3 Å². The van der Waals surface area contributed by atoms with Gasteiger partial charge < -0.3 is 15.6 Å². The highest BCUT2D eigenvalue weighted by atomic mass is 16.5. The average Bonchev–Trinajstić information content (AvgIpc) is 2.59. The fourth-order valence-electron chi connectivity index (χ4n) is 2.86. The predicted molar refractivity (Wildman–Crippen MR) is 94.8 cm³/mol. The third kappa shape index (κ3) is 3.34. The van der Waals surface area contributed by atoms with Crippen LogP contribution in [-0.2, 0) is 6.42 Å². The number of aromatic nitrogens is 1. The second kappa shape index (κ2) is 7.80. The molecule has 0 spiro atoms.